The quantitative estimate of drug-likeness (QED) is 0.417. The highest BCUT2D eigenvalue weighted by atomic mass is 16.6. The average molecular weight is 397 g/mol. The fourth-order valence-electron chi connectivity index (χ4n) is 3.37. The first-order valence-corrected chi connectivity index (χ1v) is 9.97. The number of ether oxygens (including phenoxy) is 2. The van der Waals surface area contributed by atoms with Gasteiger partial charge in [-0.25, -0.2) is 4.79 Å². The number of methoxy groups -OCH3 is 1. The molecule has 0 aliphatic carbocycles. The molecule has 0 aromatic rings. The largest absolute Gasteiger partial charge is 0.467 e. The first-order valence-electron chi connectivity index (χ1n) is 9.97. The first kappa shape index (κ1) is 22.1. The maximum absolute atomic E-state index is 13.1. The Kier molecular flexibility index (Phi) is 7.79. The molecule has 2 saturated heterocycles. The number of likely N-dealkylation sites (tertiary alicyclic amines) is 1. The van der Waals surface area contributed by atoms with Gasteiger partial charge in [-0.1, -0.05) is 27.2 Å². The number of carbonyl (C=O) groups is 4. The van der Waals surface area contributed by atoms with E-state index < -0.39 is 36.2 Å². The standard InChI is InChI=1S/C19H31N3O6/c1-5-9-20-16(23)14-15(28-14)17(24)21-13(11(3)6-2)18(25)22-10-7-8-12(22)19(26)27-4/h11-15H,5-10H2,1-4H3,(H,20,23)(H,21,24)/t11-,12+,13+,14+,15+/m1/s1. The van der Waals surface area contributed by atoms with Gasteiger partial charge in [0.05, 0.1) is 7.11 Å². The lowest BCUT2D eigenvalue weighted by molar-refractivity contribution is -0.152. The van der Waals surface area contributed by atoms with E-state index in [-0.39, 0.29) is 17.7 Å². The van der Waals surface area contributed by atoms with Crippen molar-refractivity contribution in [1.29, 1.82) is 0 Å². The van der Waals surface area contributed by atoms with Crippen LogP contribution in [0.15, 0.2) is 0 Å². The minimum Gasteiger partial charge on any atom is -0.467 e. The predicted octanol–water partition coefficient (Wildman–Crippen LogP) is -0.0251. The number of epoxide rings is 1. The van der Waals surface area contributed by atoms with Crippen LogP contribution < -0.4 is 10.6 Å². The number of hydrogen-bond acceptors (Lipinski definition) is 6. The van der Waals surface area contributed by atoms with E-state index in [0.717, 1.165) is 6.42 Å². The van der Waals surface area contributed by atoms with Crippen LogP contribution in [0, 0.1) is 5.92 Å². The summed E-state index contributed by atoms with van der Waals surface area (Å²) >= 11 is 0. The monoisotopic (exact) mass is 397 g/mol. The van der Waals surface area contributed by atoms with Crippen molar-refractivity contribution in [2.45, 2.75) is 70.7 Å². The van der Waals surface area contributed by atoms with Crippen molar-refractivity contribution in [3.8, 4) is 0 Å². The SMILES string of the molecule is CCCNC(=O)[C@H]1O[C@@H]1C(=O)N[C@H](C(=O)N1CCC[C@H]1C(=O)OC)[C@H](C)CC. The Hall–Kier alpha value is -2.16. The number of amides is 3. The summed E-state index contributed by atoms with van der Waals surface area (Å²) in [5.41, 5.74) is 0. The Morgan fingerprint density at radius 1 is 1.18 bits per heavy atom. The molecule has 0 aromatic heterocycles. The molecule has 28 heavy (non-hydrogen) atoms. The van der Waals surface area contributed by atoms with Crippen LogP contribution in [0.25, 0.3) is 0 Å². The molecule has 2 aliphatic heterocycles. The molecule has 0 aromatic carbocycles. The van der Waals surface area contributed by atoms with Crippen molar-refractivity contribution >= 4 is 23.7 Å². The van der Waals surface area contributed by atoms with E-state index in [0.29, 0.717) is 32.4 Å². The highest BCUT2D eigenvalue weighted by molar-refractivity contribution is 5.97. The van der Waals surface area contributed by atoms with Gasteiger partial charge in [-0.05, 0) is 25.2 Å². The Morgan fingerprint density at radius 3 is 2.46 bits per heavy atom. The van der Waals surface area contributed by atoms with Gasteiger partial charge in [0.2, 0.25) is 5.91 Å². The molecule has 2 fully saturated rings. The number of rotatable bonds is 9. The van der Waals surface area contributed by atoms with Gasteiger partial charge in [0.25, 0.3) is 11.8 Å². The molecule has 2 N–H and O–H groups in total. The fourth-order valence-corrected chi connectivity index (χ4v) is 3.37. The molecular formula is C19H31N3O6. The summed E-state index contributed by atoms with van der Waals surface area (Å²) in [6.45, 7) is 6.69. The van der Waals surface area contributed by atoms with Crippen LogP contribution in [0.3, 0.4) is 0 Å². The van der Waals surface area contributed by atoms with Crippen LogP contribution in [-0.4, -0.2) is 73.1 Å². The summed E-state index contributed by atoms with van der Waals surface area (Å²) in [4.78, 5) is 51.0. The van der Waals surface area contributed by atoms with Gasteiger partial charge < -0.3 is 25.0 Å². The van der Waals surface area contributed by atoms with Crippen LogP contribution in [0.2, 0.25) is 0 Å². The highest BCUT2D eigenvalue weighted by Crippen LogP contribution is 2.25. The molecule has 0 unspecified atom stereocenters. The van der Waals surface area contributed by atoms with Gasteiger partial charge in [0.15, 0.2) is 12.2 Å². The summed E-state index contributed by atoms with van der Waals surface area (Å²) in [5.74, 6) is -1.69. The molecule has 9 nitrogen and oxygen atoms in total. The maximum Gasteiger partial charge on any atom is 0.328 e. The summed E-state index contributed by atoms with van der Waals surface area (Å²) in [6, 6.07) is -1.41. The van der Waals surface area contributed by atoms with Crippen LogP contribution in [0.5, 0.6) is 0 Å². The lowest BCUT2D eigenvalue weighted by Crippen LogP contribution is -2.55. The van der Waals surface area contributed by atoms with Crippen molar-refractivity contribution in [3.63, 3.8) is 0 Å². The Labute approximate surface area is 165 Å². The molecule has 0 saturated carbocycles. The smallest absolute Gasteiger partial charge is 0.328 e. The van der Waals surface area contributed by atoms with Crippen LogP contribution in [-0.2, 0) is 28.7 Å². The van der Waals surface area contributed by atoms with E-state index in [4.69, 9.17) is 9.47 Å². The van der Waals surface area contributed by atoms with Crippen molar-refractivity contribution in [3.05, 3.63) is 0 Å². The fraction of sp³-hybridized carbons (Fsp3) is 0.789. The van der Waals surface area contributed by atoms with Crippen molar-refractivity contribution in [2.75, 3.05) is 20.2 Å². The lowest BCUT2D eigenvalue weighted by atomic mass is 9.97. The predicted molar refractivity (Wildman–Crippen MR) is 100 cm³/mol. The summed E-state index contributed by atoms with van der Waals surface area (Å²) in [6.07, 6.45) is 1.01. The summed E-state index contributed by atoms with van der Waals surface area (Å²) in [7, 11) is 1.30. The normalized spacial score (nSPS) is 25.6. The van der Waals surface area contributed by atoms with Crippen LogP contribution in [0.4, 0.5) is 0 Å². The number of esters is 1. The van der Waals surface area contributed by atoms with E-state index >= 15 is 0 Å². The molecule has 2 heterocycles. The lowest BCUT2D eigenvalue weighted by Gasteiger charge is -2.30. The second kappa shape index (κ2) is 9.86. The number of nitrogens with one attached hydrogen (secondary N) is 2. The van der Waals surface area contributed by atoms with Gasteiger partial charge >= 0.3 is 5.97 Å². The van der Waals surface area contributed by atoms with E-state index in [2.05, 4.69) is 10.6 Å². The number of hydrogen-bond donors (Lipinski definition) is 2. The maximum atomic E-state index is 13.1. The molecule has 0 bridgehead atoms. The molecule has 9 heteroatoms. The molecule has 0 spiro atoms. The molecule has 2 aliphatic rings. The van der Waals surface area contributed by atoms with E-state index in [9.17, 15) is 19.2 Å². The second-order valence-electron chi connectivity index (χ2n) is 7.35. The minimum atomic E-state index is -0.883. The zero-order chi connectivity index (χ0) is 20.8. The zero-order valence-corrected chi connectivity index (χ0v) is 17.0. The van der Waals surface area contributed by atoms with Crippen LogP contribution in [0.1, 0.15) is 46.5 Å². The van der Waals surface area contributed by atoms with Gasteiger partial charge in [0.1, 0.15) is 12.1 Å². The third-order valence-corrected chi connectivity index (χ3v) is 5.34. The molecule has 3 amide bonds. The van der Waals surface area contributed by atoms with Crippen molar-refractivity contribution in [1.82, 2.24) is 15.5 Å². The van der Waals surface area contributed by atoms with Gasteiger partial charge in [-0.15, -0.1) is 0 Å². The Balaban J connectivity index is 2.02. The molecular weight excluding hydrogens is 366 g/mol. The van der Waals surface area contributed by atoms with Gasteiger partial charge in [0, 0.05) is 13.1 Å². The molecule has 2 rings (SSSR count). The Bertz CT molecular complexity index is 610. The van der Waals surface area contributed by atoms with Crippen LogP contribution >= 0.6 is 0 Å². The number of nitrogens with zero attached hydrogens (tertiary/aromatic N) is 1. The zero-order valence-electron chi connectivity index (χ0n) is 17.0. The van der Waals surface area contributed by atoms with E-state index in [1.807, 2.05) is 20.8 Å². The summed E-state index contributed by atoms with van der Waals surface area (Å²) < 4.78 is 10.0. The first-order chi connectivity index (χ1) is 13.3. The third-order valence-electron chi connectivity index (χ3n) is 5.34. The van der Waals surface area contributed by atoms with E-state index in [1.54, 1.807) is 0 Å². The molecule has 5 atom stereocenters. The van der Waals surface area contributed by atoms with Crippen molar-refractivity contribution in [2.24, 2.45) is 5.92 Å². The minimum absolute atomic E-state index is 0.138. The van der Waals surface area contributed by atoms with Crippen molar-refractivity contribution < 1.29 is 28.7 Å². The van der Waals surface area contributed by atoms with Gasteiger partial charge in [-0.3, -0.25) is 14.4 Å². The van der Waals surface area contributed by atoms with E-state index in [1.165, 1.54) is 12.0 Å². The Morgan fingerprint density at radius 2 is 1.86 bits per heavy atom. The highest BCUT2D eigenvalue weighted by Gasteiger charge is 2.51. The third kappa shape index (κ3) is 5.01. The summed E-state index contributed by atoms with van der Waals surface area (Å²) in [5, 5.41) is 5.43. The average Bonchev–Trinajstić information content (AvgIpc) is 3.36. The van der Waals surface area contributed by atoms with Gasteiger partial charge in [-0.2, -0.15) is 0 Å². The second-order valence-corrected chi connectivity index (χ2v) is 7.35. The molecule has 0 radical (unpaired) electrons. The number of carbonyl (C=O) groups excluding carboxylic acids is 4. The topological polar surface area (TPSA) is 117 Å². The molecule has 158 valence electrons.